The second-order valence-corrected chi connectivity index (χ2v) is 6.45. The predicted octanol–water partition coefficient (Wildman–Crippen LogP) is 3.43. The van der Waals surface area contributed by atoms with E-state index in [1.807, 2.05) is 6.92 Å². The summed E-state index contributed by atoms with van der Waals surface area (Å²) in [6.07, 6.45) is 2.62. The fraction of sp³-hybridized carbons (Fsp3) is 0.647. The van der Waals surface area contributed by atoms with Crippen LogP contribution in [-0.2, 0) is 6.54 Å². The molecule has 0 amide bonds. The molecule has 1 aromatic rings. The first-order chi connectivity index (χ1) is 10.7. The molecule has 0 saturated carbocycles. The van der Waals surface area contributed by atoms with Gasteiger partial charge in [0.1, 0.15) is 0 Å². The van der Waals surface area contributed by atoms with Gasteiger partial charge < -0.3 is 14.8 Å². The highest BCUT2D eigenvalue weighted by Gasteiger charge is 2.22. The number of benzene rings is 1. The molecule has 0 bridgehead atoms. The Labute approximate surface area is 142 Å². The highest BCUT2D eigenvalue weighted by Crippen LogP contribution is 2.36. The normalized spacial score (nSPS) is 18.6. The molecule has 1 N–H and O–H groups in total. The van der Waals surface area contributed by atoms with Crippen LogP contribution in [0.25, 0.3) is 0 Å². The van der Waals surface area contributed by atoms with Gasteiger partial charge in [0.15, 0.2) is 11.5 Å². The highest BCUT2D eigenvalue weighted by atomic mass is 79.9. The summed E-state index contributed by atoms with van der Waals surface area (Å²) in [5.74, 6) is 1.56. The first-order valence-corrected chi connectivity index (χ1v) is 8.92. The van der Waals surface area contributed by atoms with E-state index in [0.717, 1.165) is 35.6 Å². The van der Waals surface area contributed by atoms with Gasteiger partial charge in [-0.25, -0.2) is 0 Å². The number of ether oxygens (including phenoxy) is 2. The number of likely N-dealkylation sites (tertiary alicyclic amines) is 1. The number of nitrogens with one attached hydrogen (secondary N) is 1. The zero-order valence-electron chi connectivity index (χ0n) is 13.8. The zero-order chi connectivity index (χ0) is 15.9. The molecule has 5 heteroatoms. The molecule has 124 valence electrons. The van der Waals surface area contributed by atoms with Crippen LogP contribution in [0.2, 0.25) is 0 Å². The molecule has 4 nitrogen and oxygen atoms in total. The van der Waals surface area contributed by atoms with Gasteiger partial charge in [-0.1, -0.05) is 6.92 Å². The smallest absolute Gasteiger partial charge is 0.175 e. The number of methoxy groups -OCH3 is 1. The van der Waals surface area contributed by atoms with Crippen LogP contribution in [0.4, 0.5) is 0 Å². The van der Waals surface area contributed by atoms with Gasteiger partial charge in [0.2, 0.25) is 0 Å². The van der Waals surface area contributed by atoms with Crippen LogP contribution in [0.3, 0.4) is 0 Å². The number of nitrogens with zero attached hydrogens (tertiary/aromatic N) is 1. The molecular formula is C17H27BrN2O2. The van der Waals surface area contributed by atoms with Crippen LogP contribution in [0.1, 0.15) is 32.3 Å². The number of halogens is 1. The Balaban J connectivity index is 1.94. The summed E-state index contributed by atoms with van der Waals surface area (Å²) in [7, 11) is 1.68. The van der Waals surface area contributed by atoms with E-state index in [1.54, 1.807) is 7.11 Å². The van der Waals surface area contributed by atoms with E-state index >= 15 is 0 Å². The molecule has 22 heavy (non-hydrogen) atoms. The number of likely N-dealkylation sites (N-methyl/N-ethyl adjacent to an activating group) is 1. The molecule has 0 unspecified atom stereocenters. The lowest BCUT2D eigenvalue weighted by Crippen LogP contribution is -2.37. The van der Waals surface area contributed by atoms with Crippen LogP contribution < -0.4 is 14.8 Å². The van der Waals surface area contributed by atoms with Crippen LogP contribution in [0.15, 0.2) is 16.6 Å². The van der Waals surface area contributed by atoms with E-state index in [9.17, 15) is 0 Å². The van der Waals surface area contributed by atoms with E-state index < -0.39 is 0 Å². The van der Waals surface area contributed by atoms with Crippen molar-refractivity contribution in [3.05, 3.63) is 22.2 Å². The average Bonchev–Trinajstić information content (AvgIpc) is 2.97. The van der Waals surface area contributed by atoms with Gasteiger partial charge in [-0.15, -0.1) is 0 Å². The first-order valence-electron chi connectivity index (χ1n) is 8.13. The van der Waals surface area contributed by atoms with Crippen molar-refractivity contribution < 1.29 is 9.47 Å². The quantitative estimate of drug-likeness (QED) is 0.759. The molecule has 1 fully saturated rings. The highest BCUT2D eigenvalue weighted by molar-refractivity contribution is 9.10. The van der Waals surface area contributed by atoms with E-state index in [1.165, 1.54) is 24.9 Å². The summed E-state index contributed by atoms with van der Waals surface area (Å²) in [6.45, 7) is 9.12. The van der Waals surface area contributed by atoms with Crippen molar-refractivity contribution in [3.8, 4) is 11.5 Å². The Hall–Kier alpha value is -0.780. The van der Waals surface area contributed by atoms with Crippen molar-refractivity contribution in [2.45, 2.75) is 39.3 Å². The number of rotatable bonds is 8. The molecule has 1 aliphatic rings. The van der Waals surface area contributed by atoms with Gasteiger partial charge in [-0.2, -0.15) is 0 Å². The van der Waals surface area contributed by atoms with Crippen LogP contribution >= 0.6 is 15.9 Å². The molecule has 2 rings (SSSR count). The molecule has 1 aliphatic heterocycles. The molecule has 0 spiro atoms. The summed E-state index contributed by atoms with van der Waals surface area (Å²) in [5, 5.41) is 3.58. The van der Waals surface area contributed by atoms with E-state index in [2.05, 4.69) is 45.2 Å². The zero-order valence-corrected chi connectivity index (χ0v) is 15.4. The third kappa shape index (κ3) is 4.37. The number of hydrogen-bond acceptors (Lipinski definition) is 4. The van der Waals surface area contributed by atoms with Gasteiger partial charge >= 0.3 is 0 Å². The van der Waals surface area contributed by atoms with Crippen molar-refractivity contribution in [1.82, 2.24) is 10.2 Å². The van der Waals surface area contributed by atoms with Crippen LogP contribution in [0, 0.1) is 0 Å². The Bertz CT molecular complexity index is 482. The summed E-state index contributed by atoms with van der Waals surface area (Å²) in [4.78, 5) is 2.56. The van der Waals surface area contributed by atoms with E-state index in [-0.39, 0.29) is 0 Å². The van der Waals surface area contributed by atoms with E-state index in [0.29, 0.717) is 12.6 Å². The lowest BCUT2D eigenvalue weighted by Gasteiger charge is -2.23. The second kappa shape index (κ2) is 8.75. The Kier molecular flexibility index (Phi) is 6.99. The Morgan fingerprint density at radius 3 is 2.86 bits per heavy atom. The monoisotopic (exact) mass is 370 g/mol. The Morgan fingerprint density at radius 2 is 2.18 bits per heavy atom. The summed E-state index contributed by atoms with van der Waals surface area (Å²) in [6, 6.07) is 4.83. The van der Waals surface area contributed by atoms with Gasteiger partial charge in [0, 0.05) is 19.1 Å². The van der Waals surface area contributed by atoms with Crippen molar-refractivity contribution in [2.24, 2.45) is 0 Å². The third-order valence-corrected chi connectivity index (χ3v) is 4.78. The molecule has 0 aliphatic carbocycles. The van der Waals surface area contributed by atoms with Gasteiger partial charge in [0.05, 0.1) is 18.2 Å². The molecule has 0 radical (unpaired) electrons. The molecule has 1 atom stereocenters. The Morgan fingerprint density at radius 1 is 1.36 bits per heavy atom. The first kappa shape index (κ1) is 17.6. The molecule has 0 aromatic heterocycles. The lowest BCUT2D eigenvalue weighted by molar-refractivity contribution is 0.260. The minimum absolute atomic E-state index is 0.626. The SMILES string of the molecule is CCOc1c(Br)cc(CNC[C@H]2CCCN2CC)cc1OC. The predicted molar refractivity (Wildman–Crippen MR) is 93.8 cm³/mol. The largest absolute Gasteiger partial charge is 0.493 e. The van der Waals surface area contributed by atoms with Crippen molar-refractivity contribution in [2.75, 3.05) is 33.4 Å². The third-order valence-electron chi connectivity index (χ3n) is 4.19. The average molecular weight is 371 g/mol. The summed E-state index contributed by atoms with van der Waals surface area (Å²) < 4.78 is 12.0. The second-order valence-electron chi connectivity index (χ2n) is 5.60. The molecule has 1 aromatic carbocycles. The molecule has 1 saturated heterocycles. The van der Waals surface area contributed by atoms with Crippen molar-refractivity contribution >= 4 is 15.9 Å². The lowest BCUT2D eigenvalue weighted by atomic mass is 10.1. The van der Waals surface area contributed by atoms with Gasteiger partial charge in [0.25, 0.3) is 0 Å². The minimum Gasteiger partial charge on any atom is -0.493 e. The number of hydrogen-bond donors (Lipinski definition) is 1. The molecule has 1 heterocycles. The molecular weight excluding hydrogens is 344 g/mol. The standard InChI is InChI=1S/C17H27BrN2O2/c1-4-20-8-6-7-14(20)12-19-11-13-9-15(18)17(22-5-2)16(10-13)21-3/h9-10,14,19H,4-8,11-12H2,1-3H3/t14-/m1/s1. The fourth-order valence-corrected chi connectivity index (χ4v) is 3.69. The maximum atomic E-state index is 5.63. The topological polar surface area (TPSA) is 33.7 Å². The van der Waals surface area contributed by atoms with Crippen LogP contribution in [0.5, 0.6) is 11.5 Å². The minimum atomic E-state index is 0.626. The van der Waals surface area contributed by atoms with Gasteiger partial charge in [-0.05, 0) is 66.5 Å². The fourth-order valence-electron chi connectivity index (χ4n) is 3.09. The van der Waals surface area contributed by atoms with E-state index in [4.69, 9.17) is 9.47 Å². The maximum Gasteiger partial charge on any atom is 0.175 e. The van der Waals surface area contributed by atoms with Gasteiger partial charge in [-0.3, -0.25) is 4.90 Å². The summed E-state index contributed by atoms with van der Waals surface area (Å²) in [5.41, 5.74) is 1.20. The van der Waals surface area contributed by atoms with Crippen molar-refractivity contribution in [1.29, 1.82) is 0 Å². The van der Waals surface area contributed by atoms with Crippen LogP contribution in [-0.4, -0.2) is 44.3 Å². The van der Waals surface area contributed by atoms with Crippen molar-refractivity contribution in [3.63, 3.8) is 0 Å². The summed E-state index contributed by atoms with van der Waals surface area (Å²) >= 11 is 3.58. The maximum absolute atomic E-state index is 5.63.